The largest absolute Gasteiger partial charge is 0.496 e. The van der Waals surface area contributed by atoms with E-state index in [0.717, 1.165) is 11.3 Å². The molecule has 0 unspecified atom stereocenters. The molecule has 7 heteroatoms. The normalized spacial score (nSPS) is 11.1. The second kappa shape index (κ2) is 7.13. The smallest absolute Gasteiger partial charge is 0.417 e. The second-order valence-electron chi connectivity index (χ2n) is 6.01. The number of amides is 1. The van der Waals surface area contributed by atoms with Crippen molar-refractivity contribution in [2.24, 2.45) is 0 Å². The summed E-state index contributed by atoms with van der Waals surface area (Å²) in [7, 11) is 1.59. The number of hydrogen-bond acceptors (Lipinski definition) is 6. The third-order valence-corrected chi connectivity index (χ3v) is 3.07. The van der Waals surface area contributed by atoms with Gasteiger partial charge in [-0.15, -0.1) is 0 Å². The minimum Gasteiger partial charge on any atom is -0.496 e. The van der Waals surface area contributed by atoms with Crippen LogP contribution in [0.15, 0.2) is 28.8 Å². The van der Waals surface area contributed by atoms with Gasteiger partial charge in [-0.1, -0.05) is 44.1 Å². The fourth-order valence-corrected chi connectivity index (χ4v) is 1.79. The molecule has 7 nitrogen and oxygen atoms in total. The molecule has 0 aliphatic carbocycles. The predicted molar refractivity (Wildman–Crippen MR) is 83.3 cm³/mol. The second-order valence-corrected chi connectivity index (χ2v) is 6.01. The molecule has 1 heterocycles. The van der Waals surface area contributed by atoms with Crippen LogP contribution in [0.25, 0.3) is 0 Å². The van der Waals surface area contributed by atoms with Gasteiger partial charge in [0.05, 0.1) is 7.11 Å². The van der Waals surface area contributed by atoms with Crippen molar-refractivity contribution in [2.75, 3.05) is 13.7 Å². The lowest BCUT2D eigenvalue weighted by Crippen LogP contribution is -2.28. The van der Waals surface area contributed by atoms with E-state index in [-0.39, 0.29) is 24.0 Å². The van der Waals surface area contributed by atoms with Crippen molar-refractivity contribution in [3.63, 3.8) is 0 Å². The van der Waals surface area contributed by atoms with Gasteiger partial charge in [-0.2, -0.15) is 4.98 Å². The number of carbonyl (C=O) groups is 1. The van der Waals surface area contributed by atoms with Crippen LogP contribution in [0.5, 0.6) is 11.8 Å². The summed E-state index contributed by atoms with van der Waals surface area (Å²) in [5, 5.41) is 6.57. The van der Waals surface area contributed by atoms with Gasteiger partial charge in [-0.25, -0.2) is 0 Å². The lowest BCUT2D eigenvalue weighted by Gasteiger charge is -2.10. The molecule has 1 N–H and O–H groups in total. The molecule has 0 saturated carbocycles. The van der Waals surface area contributed by atoms with Crippen LogP contribution in [0.4, 0.5) is 0 Å². The number of ether oxygens (including phenoxy) is 2. The Morgan fingerprint density at radius 3 is 2.70 bits per heavy atom. The lowest BCUT2D eigenvalue weighted by molar-refractivity contribution is -0.123. The minimum absolute atomic E-state index is 0.0117. The molecule has 0 fully saturated rings. The van der Waals surface area contributed by atoms with Crippen molar-refractivity contribution in [1.82, 2.24) is 15.5 Å². The number of para-hydroxylation sites is 1. The van der Waals surface area contributed by atoms with Gasteiger partial charge in [0.25, 0.3) is 5.91 Å². The molecule has 2 rings (SSSR count). The highest BCUT2D eigenvalue weighted by Gasteiger charge is 2.21. The molecular formula is C16H21N3O4. The Balaban J connectivity index is 1.82. The van der Waals surface area contributed by atoms with E-state index >= 15 is 0 Å². The van der Waals surface area contributed by atoms with Crippen molar-refractivity contribution in [2.45, 2.75) is 32.7 Å². The summed E-state index contributed by atoms with van der Waals surface area (Å²) in [5.41, 5.74) is 0.646. The molecule has 0 spiro atoms. The Morgan fingerprint density at radius 1 is 1.30 bits per heavy atom. The molecule has 1 aromatic heterocycles. The van der Waals surface area contributed by atoms with Gasteiger partial charge in [0, 0.05) is 17.5 Å². The first-order valence-electron chi connectivity index (χ1n) is 7.25. The summed E-state index contributed by atoms with van der Waals surface area (Å²) in [6.07, 6.45) is -0.0117. The summed E-state index contributed by atoms with van der Waals surface area (Å²) in [6.45, 7) is 6.04. The highest BCUT2D eigenvalue weighted by molar-refractivity contribution is 5.77. The van der Waals surface area contributed by atoms with Gasteiger partial charge in [-0.3, -0.25) is 9.32 Å². The predicted octanol–water partition coefficient (Wildman–Crippen LogP) is 2.07. The van der Waals surface area contributed by atoms with E-state index in [1.165, 1.54) is 0 Å². The first-order valence-corrected chi connectivity index (χ1v) is 7.25. The van der Waals surface area contributed by atoms with Crippen LogP contribution in [0.1, 0.15) is 32.2 Å². The molecule has 0 saturated heterocycles. The van der Waals surface area contributed by atoms with Gasteiger partial charge in [0.2, 0.25) is 0 Å². The number of aromatic nitrogens is 2. The number of hydrogen-bond donors (Lipinski definition) is 1. The van der Waals surface area contributed by atoms with E-state index in [9.17, 15) is 4.79 Å². The van der Waals surface area contributed by atoms with Gasteiger partial charge in [0.1, 0.15) is 5.75 Å². The van der Waals surface area contributed by atoms with Gasteiger partial charge < -0.3 is 14.8 Å². The summed E-state index contributed by atoms with van der Waals surface area (Å²) in [4.78, 5) is 15.9. The standard InChI is InChI=1S/C16H21N3O4/c1-16(2,3)14-18-15(23-19-14)22-10-13(20)17-9-11-7-5-6-8-12(11)21-4/h5-8H,9-10H2,1-4H3,(H,17,20). The minimum atomic E-state index is -0.286. The molecule has 0 aliphatic heterocycles. The number of carbonyl (C=O) groups excluding carboxylic acids is 1. The number of methoxy groups -OCH3 is 1. The van der Waals surface area contributed by atoms with Gasteiger partial charge in [0.15, 0.2) is 12.4 Å². The fourth-order valence-electron chi connectivity index (χ4n) is 1.79. The van der Waals surface area contributed by atoms with E-state index in [4.69, 9.17) is 14.0 Å². The molecule has 0 radical (unpaired) electrons. The fraction of sp³-hybridized carbons (Fsp3) is 0.438. The zero-order valence-electron chi connectivity index (χ0n) is 13.8. The first kappa shape index (κ1) is 16.8. The summed E-state index contributed by atoms with van der Waals surface area (Å²) in [6, 6.07) is 7.47. The quantitative estimate of drug-likeness (QED) is 0.877. The zero-order chi connectivity index (χ0) is 16.9. The maximum Gasteiger partial charge on any atom is 0.417 e. The van der Waals surface area contributed by atoms with Crippen molar-refractivity contribution < 1.29 is 18.8 Å². The van der Waals surface area contributed by atoms with Crippen LogP contribution in [0.2, 0.25) is 0 Å². The third kappa shape index (κ3) is 4.70. The number of rotatable bonds is 6. The molecule has 2 aromatic rings. The van der Waals surface area contributed by atoms with Gasteiger partial charge in [-0.05, 0) is 6.07 Å². The molecule has 0 bridgehead atoms. The summed E-state index contributed by atoms with van der Waals surface area (Å²) >= 11 is 0. The summed E-state index contributed by atoms with van der Waals surface area (Å²) in [5.74, 6) is 0.966. The molecule has 124 valence electrons. The van der Waals surface area contributed by atoms with E-state index in [0.29, 0.717) is 12.4 Å². The Hall–Kier alpha value is -2.57. The average Bonchev–Trinajstić information content (AvgIpc) is 3.00. The molecule has 1 amide bonds. The van der Waals surface area contributed by atoms with Gasteiger partial charge >= 0.3 is 6.08 Å². The number of nitrogens with zero attached hydrogens (tertiary/aromatic N) is 2. The van der Waals surface area contributed by atoms with Crippen molar-refractivity contribution in [1.29, 1.82) is 0 Å². The van der Waals surface area contributed by atoms with Crippen LogP contribution in [0.3, 0.4) is 0 Å². The van der Waals surface area contributed by atoms with Crippen molar-refractivity contribution >= 4 is 5.91 Å². The van der Waals surface area contributed by atoms with Crippen LogP contribution < -0.4 is 14.8 Å². The number of nitrogens with one attached hydrogen (secondary N) is 1. The summed E-state index contributed by atoms with van der Waals surface area (Å²) < 4.78 is 15.4. The number of benzene rings is 1. The van der Waals surface area contributed by atoms with E-state index in [1.807, 2.05) is 45.0 Å². The van der Waals surface area contributed by atoms with E-state index in [1.54, 1.807) is 7.11 Å². The highest BCUT2D eigenvalue weighted by Crippen LogP contribution is 2.20. The first-order chi connectivity index (χ1) is 10.9. The Morgan fingerprint density at radius 2 is 2.04 bits per heavy atom. The lowest BCUT2D eigenvalue weighted by atomic mass is 9.96. The zero-order valence-corrected chi connectivity index (χ0v) is 13.8. The van der Waals surface area contributed by atoms with Crippen LogP contribution in [0, 0.1) is 0 Å². The molecule has 0 aliphatic rings. The Labute approximate surface area is 135 Å². The SMILES string of the molecule is COc1ccccc1CNC(=O)COc1nc(C(C)(C)C)no1. The third-order valence-electron chi connectivity index (χ3n) is 3.07. The molecule has 23 heavy (non-hydrogen) atoms. The monoisotopic (exact) mass is 319 g/mol. The van der Waals surface area contributed by atoms with E-state index < -0.39 is 0 Å². The highest BCUT2D eigenvalue weighted by atomic mass is 16.6. The van der Waals surface area contributed by atoms with Crippen molar-refractivity contribution in [3.05, 3.63) is 35.7 Å². The van der Waals surface area contributed by atoms with Crippen LogP contribution in [-0.2, 0) is 16.8 Å². The van der Waals surface area contributed by atoms with Crippen LogP contribution >= 0.6 is 0 Å². The van der Waals surface area contributed by atoms with Crippen molar-refractivity contribution in [3.8, 4) is 11.8 Å². The van der Waals surface area contributed by atoms with Crippen LogP contribution in [-0.4, -0.2) is 29.8 Å². The maximum absolute atomic E-state index is 11.8. The Kier molecular flexibility index (Phi) is 5.20. The topological polar surface area (TPSA) is 86.5 Å². The average molecular weight is 319 g/mol. The molecular weight excluding hydrogens is 298 g/mol. The maximum atomic E-state index is 11.8. The molecule has 0 atom stereocenters. The Bertz CT molecular complexity index is 661. The van der Waals surface area contributed by atoms with E-state index in [2.05, 4.69) is 15.5 Å². The molecule has 1 aromatic carbocycles.